The molecule has 0 radical (unpaired) electrons. The highest BCUT2D eigenvalue weighted by Gasteiger charge is 2.03. The first kappa shape index (κ1) is 15.6. The second kappa shape index (κ2) is 9.50. The fourth-order valence-corrected chi connectivity index (χ4v) is 1.98. The fourth-order valence-electron chi connectivity index (χ4n) is 1.98. The maximum absolute atomic E-state index is 5.74. The van der Waals surface area contributed by atoms with Crippen molar-refractivity contribution in [3.05, 3.63) is 29.8 Å². The second-order valence-electron chi connectivity index (χ2n) is 5.01. The van der Waals surface area contributed by atoms with Crippen LogP contribution in [0.4, 0.5) is 0 Å². The van der Waals surface area contributed by atoms with Crippen LogP contribution in [0.1, 0.15) is 64.4 Å². The summed E-state index contributed by atoms with van der Waals surface area (Å²) in [6.07, 6.45) is 5.92. The van der Waals surface area contributed by atoms with E-state index in [-0.39, 0.29) is 0 Å². The smallest absolute Gasteiger partial charge is 0.119 e. The van der Waals surface area contributed by atoms with Crippen LogP contribution >= 0.6 is 0 Å². The molecule has 104 valence electrons. The minimum Gasteiger partial charge on any atom is -0.494 e. The molecule has 0 heterocycles. The minimum atomic E-state index is 0.492. The van der Waals surface area contributed by atoms with Gasteiger partial charge >= 0.3 is 0 Å². The van der Waals surface area contributed by atoms with Crippen molar-refractivity contribution < 1.29 is 4.74 Å². The Bertz CT molecular complexity index is 394. The van der Waals surface area contributed by atoms with E-state index in [0.717, 1.165) is 25.2 Å². The predicted molar refractivity (Wildman–Crippen MR) is 82.6 cm³/mol. The third-order valence-corrected chi connectivity index (χ3v) is 3.30. The Morgan fingerprint density at radius 2 is 1.84 bits per heavy atom. The Hall–Kier alpha value is -1.42. The van der Waals surface area contributed by atoms with Gasteiger partial charge < -0.3 is 4.74 Å². The lowest BCUT2D eigenvalue weighted by molar-refractivity contribution is 0.305. The van der Waals surface area contributed by atoms with Crippen molar-refractivity contribution in [2.45, 2.75) is 58.8 Å². The van der Waals surface area contributed by atoms with Gasteiger partial charge in [-0.25, -0.2) is 0 Å². The lowest BCUT2D eigenvalue weighted by Crippen LogP contribution is -1.98. The monoisotopic (exact) mass is 258 g/mol. The van der Waals surface area contributed by atoms with E-state index in [9.17, 15) is 0 Å². The molecule has 1 heteroatoms. The maximum Gasteiger partial charge on any atom is 0.119 e. The number of unbranched alkanes of at least 4 members (excludes halogenated alkanes) is 3. The highest BCUT2D eigenvalue weighted by molar-refractivity contribution is 5.29. The summed E-state index contributed by atoms with van der Waals surface area (Å²) >= 11 is 0. The van der Waals surface area contributed by atoms with Crippen molar-refractivity contribution in [2.75, 3.05) is 6.61 Å². The second-order valence-corrected chi connectivity index (χ2v) is 5.01. The van der Waals surface area contributed by atoms with Crippen LogP contribution in [-0.2, 0) is 0 Å². The van der Waals surface area contributed by atoms with E-state index >= 15 is 0 Å². The molecule has 0 amide bonds. The Kier molecular flexibility index (Phi) is 7.82. The fraction of sp³-hybridized carbons (Fsp3) is 0.556. The number of rotatable bonds is 8. The molecular weight excluding hydrogens is 232 g/mol. The van der Waals surface area contributed by atoms with Crippen LogP contribution in [0.3, 0.4) is 0 Å². The van der Waals surface area contributed by atoms with Crippen LogP contribution in [-0.4, -0.2) is 6.61 Å². The van der Waals surface area contributed by atoms with Crippen LogP contribution in [0.15, 0.2) is 24.3 Å². The first-order valence-electron chi connectivity index (χ1n) is 7.40. The van der Waals surface area contributed by atoms with Gasteiger partial charge in [-0.3, -0.25) is 0 Å². The Labute approximate surface area is 118 Å². The van der Waals surface area contributed by atoms with Gasteiger partial charge in [0, 0.05) is 6.42 Å². The molecule has 0 spiro atoms. The van der Waals surface area contributed by atoms with E-state index in [1.165, 1.54) is 24.8 Å². The molecule has 0 aliphatic rings. The first-order chi connectivity index (χ1) is 9.27. The molecular formula is C18H26O. The van der Waals surface area contributed by atoms with E-state index in [0.29, 0.717) is 5.92 Å². The van der Waals surface area contributed by atoms with Crippen LogP contribution in [0.25, 0.3) is 0 Å². The van der Waals surface area contributed by atoms with Crippen molar-refractivity contribution in [1.82, 2.24) is 0 Å². The van der Waals surface area contributed by atoms with Gasteiger partial charge in [0.05, 0.1) is 6.61 Å². The zero-order valence-corrected chi connectivity index (χ0v) is 12.5. The molecule has 1 rings (SSSR count). The van der Waals surface area contributed by atoms with Gasteiger partial charge in [0.25, 0.3) is 0 Å². The molecule has 0 aliphatic carbocycles. The zero-order valence-electron chi connectivity index (χ0n) is 12.5. The molecule has 19 heavy (non-hydrogen) atoms. The summed E-state index contributed by atoms with van der Waals surface area (Å²) in [6, 6.07) is 8.46. The molecule has 0 saturated carbocycles. The Morgan fingerprint density at radius 1 is 1.11 bits per heavy atom. The summed E-state index contributed by atoms with van der Waals surface area (Å²) in [4.78, 5) is 0. The summed E-state index contributed by atoms with van der Waals surface area (Å²) in [6.45, 7) is 7.16. The molecule has 0 fully saturated rings. The van der Waals surface area contributed by atoms with Gasteiger partial charge in [0.1, 0.15) is 5.75 Å². The van der Waals surface area contributed by atoms with Crippen molar-refractivity contribution in [3.63, 3.8) is 0 Å². The van der Waals surface area contributed by atoms with E-state index < -0.39 is 0 Å². The summed E-state index contributed by atoms with van der Waals surface area (Å²) in [7, 11) is 0. The molecule has 1 nitrogen and oxygen atoms in total. The van der Waals surface area contributed by atoms with E-state index in [2.05, 4.69) is 50.0 Å². The zero-order chi connectivity index (χ0) is 13.9. The standard InChI is InChI=1S/C18H26O/c1-4-6-8-9-15-19-18-13-11-17(12-14-18)16(3)10-7-5-2/h11-14,16H,4,6,8-10,15H2,1-3H3. The number of hydrogen-bond acceptors (Lipinski definition) is 1. The normalized spacial score (nSPS) is 11.5. The molecule has 1 unspecified atom stereocenters. The van der Waals surface area contributed by atoms with E-state index in [1.54, 1.807) is 0 Å². The minimum absolute atomic E-state index is 0.492. The van der Waals surface area contributed by atoms with Gasteiger partial charge in [-0.05, 0) is 37.0 Å². The predicted octanol–water partition coefficient (Wildman–Crippen LogP) is 5.16. The quantitative estimate of drug-likeness (QED) is 0.462. The molecule has 1 atom stereocenters. The summed E-state index contributed by atoms with van der Waals surface area (Å²) in [5, 5.41) is 0. The average molecular weight is 258 g/mol. The highest BCUT2D eigenvalue weighted by Crippen LogP contribution is 2.21. The third kappa shape index (κ3) is 6.34. The van der Waals surface area contributed by atoms with Crippen molar-refractivity contribution in [2.24, 2.45) is 0 Å². The van der Waals surface area contributed by atoms with Gasteiger partial charge in [-0.15, -0.1) is 11.8 Å². The number of ether oxygens (including phenoxy) is 1. The first-order valence-corrected chi connectivity index (χ1v) is 7.40. The molecule has 0 saturated heterocycles. The van der Waals surface area contributed by atoms with E-state index in [1.807, 2.05) is 6.92 Å². The van der Waals surface area contributed by atoms with Crippen molar-refractivity contribution in [3.8, 4) is 17.6 Å². The largest absolute Gasteiger partial charge is 0.494 e. The van der Waals surface area contributed by atoms with Crippen molar-refractivity contribution >= 4 is 0 Å². The third-order valence-electron chi connectivity index (χ3n) is 3.30. The molecule has 0 aliphatic heterocycles. The van der Waals surface area contributed by atoms with E-state index in [4.69, 9.17) is 4.74 Å². The summed E-state index contributed by atoms with van der Waals surface area (Å²) in [5.41, 5.74) is 1.33. The molecule has 1 aromatic rings. The van der Waals surface area contributed by atoms with Crippen LogP contribution in [0, 0.1) is 11.8 Å². The molecule has 1 aromatic carbocycles. The summed E-state index contributed by atoms with van der Waals surface area (Å²) in [5.74, 6) is 7.56. The lowest BCUT2D eigenvalue weighted by atomic mass is 9.98. The lowest BCUT2D eigenvalue weighted by Gasteiger charge is -2.10. The Balaban J connectivity index is 2.36. The van der Waals surface area contributed by atoms with Gasteiger partial charge in [-0.1, -0.05) is 45.2 Å². The highest BCUT2D eigenvalue weighted by atomic mass is 16.5. The SMILES string of the molecule is CC#CCC(C)c1ccc(OCCCCCC)cc1. The molecule has 0 bridgehead atoms. The van der Waals surface area contributed by atoms with Gasteiger partial charge in [-0.2, -0.15) is 0 Å². The van der Waals surface area contributed by atoms with Crippen LogP contribution in [0.5, 0.6) is 5.75 Å². The topological polar surface area (TPSA) is 9.23 Å². The molecule has 0 aromatic heterocycles. The summed E-state index contributed by atoms with van der Waals surface area (Å²) < 4.78 is 5.74. The average Bonchev–Trinajstić information content (AvgIpc) is 2.45. The Morgan fingerprint density at radius 3 is 2.47 bits per heavy atom. The van der Waals surface area contributed by atoms with Crippen LogP contribution in [0.2, 0.25) is 0 Å². The number of benzene rings is 1. The number of hydrogen-bond donors (Lipinski definition) is 0. The van der Waals surface area contributed by atoms with Gasteiger partial charge in [0.15, 0.2) is 0 Å². The van der Waals surface area contributed by atoms with Gasteiger partial charge in [0.2, 0.25) is 0 Å². The maximum atomic E-state index is 5.74. The van der Waals surface area contributed by atoms with Crippen molar-refractivity contribution in [1.29, 1.82) is 0 Å². The van der Waals surface area contributed by atoms with Crippen LogP contribution < -0.4 is 4.74 Å². The molecule has 0 N–H and O–H groups in total.